The molecule has 1 saturated carbocycles. The van der Waals surface area contributed by atoms with Crippen molar-refractivity contribution in [3.8, 4) is 0 Å². The third kappa shape index (κ3) is 7.91. The fourth-order valence-corrected chi connectivity index (χ4v) is 7.39. The summed E-state index contributed by atoms with van der Waals surface area (Å²) in [5.74, 6) is -0.991. The van der Waals surface area contributed by atoms with Crippen LogP contribution in [0.15, 0.2) is 71.6 Å². The molecule has 1 fully saturated rings. The molecule has 3 aromatic rings. The Bertz CT molecular complexity index is 1490. The van der Waals surface area contributed by atoms with E-state index in [1.54, 1.807) is 43.3 Å². The molecular formula is C30H31Cl4N3O4S. The number of halogens is 4. The molecule has 0 radical (unpaired) electrons. The van der Waals surface area contributed by atoms with E-state index in [-0.39, 0.29) is 39.1 Å². The topological polar surface area (TPSA) is 86.8 Å². The van der Waals surface area contributed by atoms with Gasteiger partial charge in [0.2, 0.25) is 11.8 Å². The Morgan fingerprint density at radius 1 is 0.881 bits per heavy atom. The predicted octanol–water partition coefficient (Wildman–Crippen LogP) is 7.36. The molecule has 1 aliphatic rings. The average molecular weight is 671 g/mol. The van der Waals surface area contributed by atoms with Gasteiger partial charge in [-0.2, -0.15) is 0 Å². The molecule has 4 rings (SSSR count). The number of rotatable bonds is 10. The van der Waals surface area contributed by atoms with Gasteiger partial charge in [-0.05, 0) is 62.2 Å². The summed E-state index contributed by atoms with van der Waals surface area (Å²) in [7, 11) is -4.26. The SMILES string of the molecule is CC(C(=O)NC1CCCCC1)N(Cc1c(Cl)cccc1Cl)C(=O)CN(c1cc(Cl)cc(Cl)c1)S(=O)(=O)c1ccccc1. The van der Waals surface area contributed by atoms with Gasteiger partial charge in [0.05, 0.1) is 10.6 Å². The molecule has 12 heteroatoms. The first-order chi connectivity index (χ1) is 20.0. The lowest BCUT2D eigenvalue weighted by Crippen LogP contribution is -2.53. The summed E-state index contributed by atoms with van der Waals surface area (Å²) in [6.07, 6.45) is 4.89. The summed E-state index contributed by atoms with van der Waals surface area (Å²) in [6, 6.07) is 16.0. The van der Waals surface area contributed by atoms with Crippen LogP contribution >= 0.6 is 46.4 Å². The minimum atomic E-state index is -4.26. The molecule has 224 valence electrons. The van der Waals surface area contributed by atoms with E-state index < -0.39 is 28.5 Å². The highest BCUT2D eigenvalue weighted by Crippen LogP contribution is 2.31. The summed E-state index contributed by atoms with van der Waals surface area (Å²) in [4.78, 5) is 28.8. The van der Waals surface area contributed by atoms with E-state index in [9.17, 15) is 18.0 Å². The molecule has 0 spiro atoms. The van der Waals surface area contributed by atoms with Gasteiger partial charge in [0, 0.05) is 38.2 Å². The minimum absolute atomic E-state index is 0.0121. The number of nitrogens with one attached hydrogen (secondary N) is 1. The van der Waals surface area contributed by atoms with E-state index in [0.717, 1.165) is 36.4 Å². The molecule has 42 heavy (non-hydrogen) atoms. The maximum atomic E-state index is 14.1. The van der Waals surface area contributed by atoms with Crippen LogP contribution < -0.4 is 9.62 Å². The smallest absolute Gasteiger partial charge is 0.264 e. The molecule has 1 atom stereocenters. The van der Waals surface area contributed by atoms with Crippen LogP contribution in [-0.2, 0) is 26.2 Å². The van der Waals surface area contributed by atoms with Crippen molar-refractivity contribution in [2.45, 2.75) is 62.6 Å². The van der Waals surface area contributed by atoms with Crippen molar-refractivity contribution >= 4 is 73.9 Å². The van der Waals surface area contributed by atoms with Crippen molar-refractivity contribution in [2.24, 2.45) is 0 Å². The Labute approximate surface area is 266 Å². The lowest BCUT2D eigenvalue weighted by Gasteiger charge is -2.33. The fourth-order valence-electron chi connectivity index (χ4n) is 4.94. The van der Waals surface area contributed by atoms with E-state index in [2.05, 4.69) is 5.32 Å². The molecule has 1 unspecified atom stereocenters. The van der Waals surface area contributed by atoms with Crippen molar-refractivity contribution in [1.82, 2.24) is 10.2 Å². The molecular weight excluding hydrogens is 640 g/mol. The lowest BCUT2D eigenvalue weighted by molar-refractivity contribution is -0.139. The standard InChI is InChI=1S/C30H31Cl4N3O4S/c1-20(30(39)35-23-9-4-2-5-10-23)36(18-26-27(33)13-8-14-28(26)34)29(38)19-37(24-16-21(31)15-22(32)17-24)42(40,41)25-11-6-3-7-12-25/h3,6-8,11-17,20,23H,2,4-5,9-10,18-19H2,1H3,(H,35,39). The Balaban J connectivity index is 1.72. The quantitative estimate of drug-likeness (QED) is 0.244. The number of carbonyl (C=O) groups excluding carboxylic acids is 2. The van der Waals surface area contributed by atoms with E-state index in [1.807, 2.05) is 0 Å². The highest BCUT2D eigenvalue weighted by molar-refractivity contribution is 7.92. The predicted molar refractivity (Wildman–Crippen MR) is 169 cm³/mol. The average Bonchev–Trinajstić information content (AvgIpc) is 2.95. The van der Waals surface area contributed by atoms with Gasteiger partial charge < -0.3 is 10.2 Å². The number of amides is 2. The van der Waals surface area contributed by atoms with Gasteiger partial charge in [-0.25, -0.2) is 8.42 Å². The number of hydrogen-bond donors (Lipinski definition) is 1. The van der Waals surface area contributed by atoms with Gasteiger partial charge in [-0.1, -0.05) is 89.9 Å². The summed E-state index contributed by atoms with van der Waals surface area (Å²) >= 11 is 25.4. The third-order valence-electron chi connectivity index (χ3n) is 7.25. The van der Waals surface area contributed by atoms with Gasteiger partial charge in [0.1, 0.15) is 12.6 Å². The molecule has 0 aliphatic heterocycles. The number of anilines is 1. The zero-order chi connectivity index (χ0) is 30.4. The number of nitrogens with zero attached hydrogens (tertiary/aromatic N) is 2. The van der Waals surface area contributed by atoms with Gasteiger partial charge in [-0.15, -0.1) is 0 Å². The molecule has 0 bridgehead atoms. The summed E-state index contributed by atoms with van der Waals surface area (Å²) in [5, 5.41) is 4.08. The fraction of sp³-hybridized carbons (Fsp3) is 0.333. The highest BCUT2D eigenvalue weighted by atomic mass is 35.5. The third-order valence-corrected chi connectivity index (χ3v) is 10.2. The molecule has 3 aromatic carbocycles. The van der Waals surface area contributed by atoms with Gasteiger partial charge in [0.25, 0.3) is 10.0 Å². The van der Waals surface area contributed by atoms with E-state index in [1.165, 1.54) is 35.2 Å². The zero-order valence-electron chi connectivity index (χ0n) is 22.9. The number of hydrogen-bond acceptors (Lipinski definition) is 4. The summed E-state index contributed by atoms with van der Waals surface area (Å²) in [6.45, 7) is 0.843. The van der Waals surface area contributed by atoms with Crippen LogP contribution in [0.2, 0.25) is 20.1 Å². The monoisotopic (exact) mass is 669 g/mol. The lowest BCUT2D eigenvalue weighted by atomic mass is 9.95. The van der Waals surface area contributed by atoms with Gasteiger partial charge in [0.15, 0.2) is 0 Å². The number of carbonyl (C=O) groups is 2. The van der Waals surface area contributed by atoms with Gasteiger partial charge in [-0.3, -0.25) is 13.9 Å². The Morgan fingerprint density at radius 2 is 1.48 bits per heavy atom. The molecule has 7 nitrogen and oxygen atoms in total. The summed E-state index contributed by atoms with van der Waals surface area (Å²) in [5.41, 5.74) is 0.537. The highest BCUT2D eigenvalue weighted by Gasteiger charge is 2.34. The first-order valence-electron chi connectivity index (χ1n) is 13.5. The van der Waals surface area contributed by atoms with Crippen LogP contribution in [-0.4, -0.2) is 43.8 Å². The number of benzene rings is 3. The van der Waals surface area contributed by atoms with E-state index in [4.69, 9.17) is 46.4 Å². The Hall–Kier alpha value is -2.49. The maximum absolute atomic E-state index is 14.1. The second-order valence-corrected chi connectivity index (χ2v) is 13.7. The van der Waals surface area contributed by atoms with Crippen LogP contribution in [0.3, 0.4) is 0 Å². The molecule has 0 heterocycles. The van der Waals surface area contributed by atoms with E-state index >= 15 is 0 Å². The molecule has 0 aromatic heterocycles. The number of sulfonamides is 1. The molecule has 0 saturated heterocycles. The van der Waals surface area contributed by atoms with Crippen LogP contribution in [0.5, 0.6) is 0 Å². The van der Waals surface area contributed by atoms with Crippen LogP contribution in [0.4, 0.5) is 5.69 Å². The molecule has 1 aliphatic carbocycles. The van der Waals surface area contributed by atoms with Crippen molar-refractivity contribution < 1.29 is 18.0 Å². The van der Waals surface area contributed by atoms with Crippen LogP contribution in [0.25, 0.3) is 0 Å². The second-order valence-electron chi connectivity index (χ2n) is 10.2. The van der Waals surface area contributed by atoms with Crippen LogP contribution in [0, 0.1) is 0 Å². The summed E-state index contributed by atoms with van der Waals surface area (Å²) < 4.78 is 28.7. The minimum Gasteiger partial charge on any atom is -0.352 e. The first-order valence-corrected chi connectivity index (χ1v) is 16.5. The van der Waals surface area contributed by atoms with Crippen molar-refractivity contribution in [2.75, 3.05) is 10.8 Å². The zero-order valence-corrected chi connectivity index (χ0v) is 26.7. The van der Waals surface area contributed by atoms with Crippen molar-refractivity contribution in [3.05, 3.63) is 92.4 Å². The van der Waals surface area contributed by atoms with Gasteiger partial charge >= 0.3 is 0 Å². The Morgan fingerprint density at radius 3 is 2.07 bits per heavy atom. The van der Waals surface area contributed by atoms with Crippen molar-refractivity contribution in [3.63, 3.8) is 0 Å². The molecule has 2 amide bonds. The molecule has 1 N–H and O–H groups in total. The largest absolute Gasteiger partial charge is 0.352 e. The van der Waals surface area contributed by atoms with Crippen molar-refractivity contribution in [1.29, 1.82) is 0 Å². The van der Waals surface area contributed by atoms with E-state index in [0.29, 0.717) is 15.6 Å². The Kier molecular flexibility index (Phi) is 11.1. The second kappa shape index (κ2) is 14.3. The first kappa shape index (κ1) is 32.4. The normalized spacial score (nSPS) is 14.7. The van der Waals surface area contributed by atoms with Crippen LogP contribution in [0.1, 0.15) is 44.6 Å². The maximum Gasteiger partial charge on any atom is 0.264 e.